The third kappa shape index (κ3) is 3.77. The van der Waals surface area contributed by atoms with Crippen LogP contribution < -0.4 is 20.9 Å². The first kappa shape index (κ1) is 18.5. The number of sulfonamides is 1. The number of benzene rings is 2. The number of rotatable bonds is 5. The third-order valence-electron chi connectivity index (χ3n) is 3.82. The lowest BCUT2D eigenvalue weighted by Crippen LogP contribution is -2.27. The SMILES string of the molecule is COc1cccc2cc(C(N)=O)/c(=N\NS(=O)(=O)c3ccc(C)cc3)oc12. The molecule has 27 heavy (non-hydrogen) atoms. The fraction of sp³-hybridized carbons (Fsp3) is 0.111. The second kappa shape index (κ2) is 7.12. The number of aryl methyl sites for hydroxylation is 1. The van der Waals surface area contributed by atoms with Crippen molar-refractivity contribution in [3.63, 3.8) is 0 Å². The predicted octanol–water partition coefficient (Wildman–Crippen LogP) is 1.64. The summed E-state index contributed by atoms with van der Waals surface area (Å²) in [6.07, 6.45) is 0. The van der Waals surface area contributed by atoms with Gasteiger partial charge < -0.3 is 14.9 Å². The minimum Gasteiger partial charge on any atom is -0.493 e. The molecule has 3 N–H and O–H groups in total. The van der Waals surface area contributed by atoms with E-state index in [9.17, 15) is 13.2 Å². The van der Waals surface area contributed by atoms with E-state index in [1.807, 2.05) is 6.92 Å². The number of hydrogen-bond acceptors (Lipinski definition) is 6. The Bertz CT molecular complexity index is 1180. The highest BCUT2D eigenvalue weighted by molar-refractivity contribution is 7.89. The van der Waals surface area contributed by atoms with Crippen LogP contribution >= 0.6 is 0 Å². The Morgan fingerprint density at radius 1 is 1.19 bits per heavy atom. The minimum absolute atomic E-state index is 0.0239. The molecule has 0 aliphatic rings. The van der Waals surface area contributed by atoms with Crippen LogP contribution in [-0.4, -0.2) is 21.4 Å². The van der Waals surface area contributed by atoms with E-state index in [0.29, 0.717) is 16.7 Å². The van der Waals surface area contributed by atoms with Gasteiger partial charge in [0.1, 0.15) is 5.56 Å². The number of carbonyl (C=O) groups is 1. The van der Waals surface area contributed by atoms with E-state index in [4.69, 9.17) is 14.9 Å². The van der Waals surface area contributed by atoms with Crippen LogP contribution in [0.4, 0.5) is 0 Å². The number of hydrogen-bond donors (Lipinski definition) is 2. The quantitative estimate of drug-likeness (QED) is 0.644. The number of amides is 1. The molecule has 1 amide bonds. The molecule has 0 unspecified atom stereocenters. The Morgan fingerprint density at radius 2 is 1.89 bits per heavy atom. The number of fused-ring (bicyclic) bond motifs is 1. The van der Waals surface area contributed by atoms with Gasteiger partial charge in [0.15, 0.2) is 11.3 Å². The third-order valence-corrected chi connectivity index (χ3v) is 5.05. The van der Waals surface area contributed by atoms with Gasteiger partial charge in [0.25, 0.3) is 15.9 Å². The first-order valence-corrected chi connectivity index (χ1v) is 9.33. The second-order valence-electron chi connectivity index (χ2n) is 5.73. The van der Waals surface area contributed by atoms with Gasteiger partial charge in [0.2, 0.25) is 5.55 Å². The van der Waals surface area contributed by atoms with Gasteiger partial charge >= 0.3 is 0 Å². The average molecular weight is 387 g/mol. The number of carbonyl (C=O) groups excluding carboxylic acids is 1. The summed E-state index contributed by atoms with van der Waals surface area (Å²) >= 11 is 0. The zero-order valence-corrected chi connectivity index (χ0v) is 15.4. The molecule has 0 aliphatic carbocycles. The number of nitrogens with zero attached hydrogens (tertiary/aromatic N) is 1. The molecule has 0 fully saturated rings. The van der Waals surface area contributed by atoms with Gasteiger partial charge in [-0.15, -0.1) is 5.10 Å². The summed E-state index contributed by atoms with van der Waals surface area (Å²) in [5, 5.41) is 4.32. The van der Waals surface area contributed by atoms with Crippen molar-refractivity contribution >= 4 is 26.9 Å². The van der Waals surface area contributed by atoms with Crippen molar-refractivity contribution in [1.29, 1.82) is 0 Å². The van der Waals surface area contributed by atoms with Crippen LogP contribution in [0.2, 0.25) is 0 Å². The van der Waals surface area contributed by atoms with Crippen molar-refractivity contribution in [3.05, 3.63) is 65.2 Å². The van der Waals surface area contributed by atoms with E-state index >= 15 is 0 Å². The highest BCUT2D eigenvalue weighted by Crippen LogP contribution is 2.24. The van der Waals surface area contributed by atoms with Gasteiger partial charge in [-0.2, -0.15) is 13.2 Å². The summed E-state index contributed by atoms with van der Waals surface area (Å²) in [6, 6.07) is 12.8. The lowest BCUT2D eigenvalue weighted by molar-refractivity contribution is 0.0996. The van der Waals surface area contributed by atoms with Gasteiger partial charge in [-0.1, -0.05) is 29.8 Å². The van der Waals surface area contributed by atoms with Crippen LogP contribution in [-0.2, 0) is 10.0 Å². The summed E-state index contributed by atoms with van der Waals surface area (Å²) < 4.78 is 35.6. The summed E-state index contributed by atoms with van der Waals surface area (Å²) in [5.41, 5.74) is 6.26. The highest BCUT2D eigenvalue weighted by Gasteiger charge is 2.15. The van der Waals surface area contributed by atoms with Crippen LogP contribution in [0.1, 0.15) is 15.9 Å². The molecule has 3 aromatic rings. The number of ether oxygens (including phenoxy) is 1. The number of nitrogens with one attached hydrogen (secondary N) is 1. The molecule has 0 spiro atoms. The molecule has 1 aromatic heterocycles. The molecule has 3 rings (SSSR count). The molecule has 8 nitrogen and oxygen atoms in total. The fourth-order valence-corrected chi connectivity index (χ4v) is 3.22. The smallest absolute Gasteiger partial charge is 0.276 e. The number of nitrogens with two attached hydrogens (primary N) is 1. The van der Waals surface area contributed by atoms with E-state index in [1.54, 1.807) is 30.3 Å². The molecular weight excluding hydrogens is 370 g/mol. The van der Waals surface area contributed by atoms with Crippen LogP contribution in [0.15, 0.2) is 62.9 Å². The van der Waals surface area contributed by atoms with Crippen molar-refractivity contribution in [1.82, 2.24) is 4.83 Å². The Morgan fingerprint density at radius 3 is 2.52 bits per heavy atom. The molecule has 140 valence electrons. The summed E-state index contributed by atoms with van der Waals surface area (Å²) in [7, 11) is -2.49. The summed E-state index contributed by atoms with van der Waals surface area (Å²) in [5.74, 6) is -0.405. The van der Waals surface area contributed by atoms with E-state index in [0.717, 1.165) is 5.56 Å². The fourth-order valence-electron chi connectivity index (χ4n) is 2.42. The van der Waals surface area contributed by atoms with Crippen LogP contribution in [0.3, 0.4) is 0 Å². The standard InChI is InChI=1S/C18H17N3O5S/c1-11-6-8-13(9-7-11)27(23,24)21-20-18-14(17(19)22)10-12-4-3-5-15(25-2)16(12)26-18/h3-10,21H,1-2H3,(H2,19,22)/b20-18+. The lowest BCUT2D eigenvalue weighted by atomic mass is 10.1. The Hall–Kier alpha value is -3.33. The average Bonchev–Trinajstić information content (AvgIpc) is 2.65. The Kier molecular flexibility index (Phi) is 4.87. The molecule has 0 atom stereocenters. The van der Waals surface area contributed by atoms with E-state index < -0.39 is 15.9 Å². The predicted molar refractivity (Wildman–Crippen MR) is 98.3 cm³/mol. The van der Waals surface area contributed by atoms with Gasteiger partial charge in [-0.3, -0.25) is 4.79 Å². The highest BCUT2D eigenvalue weighted by atomic mass is 32.2. The van der Waals surface area contributed by atoms with E-state index in [1.165, 1.54) is 25.3 Å². The zero-order valence-electron chi connectivity index (χ0n) is 14.6. The molecule has 0 aliphatic heterocycles. The Balaban J connectivity index is 2.12. The van der Waals surface area contributed by atoms with Crippen molar-refractivity contribution in [2.45, 2.75) is 11.8 Å². The first-order valence-electron chi connectivity index (χ1n) is 7.84. The van der Waals surface area contributed by atoms with Crippen molar-refractivity contribution in [3.8, 4) is 5.75 Å². The Labute approximate surface area is 155 Å². The second-order valence-corrected chi connectivity index (χ2v) is 7.39. The maximum atomic E-state index is 12.4. The van der Waals surface area contributed by atoms with Crippen molar-refractivity contribution in [2.75, 3.05) is 7.11 Å². The monoisotopic (exact) mass is 387 g/mol. The minimum atomic E-state index is -3.95. The molecule has 0 saturated heterocycles. The molecule has 0 radical (unpaired) electrons. The first-order chi connectivity index (χ1) is 12.8. The molecule has 1 heterocycles. The van der Waals surface area contributed by atoms with Crippen LogP contribution in [0.5, 0.6) is 5.75 Å². The zero-order chi connectivity index (χ0) is 19.6. The summed E-state index contributed by atoms with van der Waals surface area (Å²) in [4.78, 5) is 13.8. The number of primary amides is 1. The van der Waals surface area contributed by atoms with Crippen molar-refractivity contribution < 1.29 is 22.4 Å². The molecular formula is C18H17N3O5S. The molecule has 2 aromatic carbocycles. The van der Waals surface area contributed by atoms with Crippen LogP contribution in [0.25, 0.3) is 11.0 Å². The van der Waals surface area contributed by atoms with Gasteiger partial charge in [0.05, 0.1) is 12.0 Å². The van der Waals surface area contributed by atoms with Gasteiger partial charge in [-0.25, -0.2) is 0 Å². The normalized spacial score (nSPS) is 12.1. The molecule has 9 heteroatoms. The number of methoxy groups -OCH3 is 1. The lowest BCUT2D eigenvalue weighted by Gasteiger charge is -2.07. The maximum Gasteiger partial charge on any atom is 0.276 e. The molecule has 0 saturated carbocycles. The number of para-hydroxylation sites is 1. The van der Waals surface area contributed by atoms with Crippen LogP contribution in [0, 0.1) is 6.92 Å². The van der Waals surface area contributed by atoms with E-state index in [2.05, 4.69) is 9.93 Å². The van der Waals surface area contributed by atoms with Crippen molar-refractivity contribution in [2.24, 2.45) is 10.8 Å². The topological polar surface area (TPSA) is 124 Å². The van der Waals surface area contributed by atoms with Gasteiger partial charge in [-0.05, 0) is 31.2 Å². The van der Waals surface area contributed by atoms with E-state index in [-0.39, 0.29) is 16.0 Å². The molecule has 0 bridgehead atoms. The van der Waals surface area contributed by atoms with Gasteiger partial charge in [0, 0.05) is 5.39 Å². The largest absolute Gasteiger partial charge is 0.493 e. The maximum absolute atomic E-state index is 12.4. The summed E-state index contributed by atoms with van der Waals surface area (Å²) in [6.45, 7) is 1.84.